The quantitative estimate of drug-likeness (QED) is 0.426. The first-order valence-electron chi connectivity index (χ1n) is 14.1. The molecule has 2 amide bonds. The number of allylic oxidation sites excluding steroid dienone is 2. The fourth-order valence-corrected chi connectivity index (χ4v) is 5.05. The fourth-order valence-electron chi connectivity index (χ4n) is 5.05. The van der Waals surface area contributed by atoms with Gasteiger partial charge in [-0.05, 0) is 67.8 Å². The van der Waals surface area contributed by atoms with Crippen LogP contribution in [0.3, 0.4) is 0 Å². The predicted octanol–water partition coefficient (Wildman–Crippen LogP) is 5.70. The number of methoxy groups -OCH3 is 1. The van der Waals surface area contributed by atoms with E-state index in [0.717, 1.165) is 50.0 Å². The van der Waals surface area contributed by atoms with Crippen LogP contribution in [-0.2, 0) is 11.3 Å². The van der Waals surface area contributed by atoms with Crippen molar-refractivity contribution >= 4 is 17.5 Å². The highest BCUT2D eigenvalue weighted by Crippen LogP contribution is 2.25. The first-order valence-corrected chi connectivity index (χ1v) is 14.1. The third-order valence-electron chi connectivity index (χ3n) is 7.61. The normalized spacial score (nSPS) is 18.1. The summed E-state index contributed by atoms with van der Waals surface area (Å²) in [5.74, 6) is 1.55. The summed E-state index contributed by atoms with van der Waals surface area (Å²) in [4.78, 5) is 35.2. The summed E-state index contributed by atoms with van der Waals surface area (Å²) in [6, 6.07) is 11.2. The highest BCUT2D eigenvalue weighted by molar-refractivity contribution is 6.04. The zero-order valence-corrected chi connectivity index (χ0v) is 23.7. The minimum absolute atomic E-state index is 0.104. The summed E-state index contributed by atoms with van der Waals surface area (Å²) >= 11 is 0. The number of nitrogens with one attached hydrogen (secondary N) is 1. The lowest BCUT2D eigenvalue weighted by molar-refractivity contribution is -0.130. The number of piperidine rings is 1. The molecule has 2 aliphatic rings. The van der Waals surface area contributed by atoms with Crippen molar-refractivity contribution in [1.29, 1.82) is 0 Å². The highest BCUT2D eigenvalue weighted by Gasteiger charge is 2.29. The van der Waals surface area contributed by atoms with Crippen LogP contribution in [-0.4, -0.2) is 59.4 Å². The monoisotopic (exact) mass is 530 g/mol. The molecule has 1 saturated heterocycles. The lowest BCUT2D eigenvalue weighted by atomic mass is 9.95. The first-order chi connectivity index (χ1) is 18.8. The second-order valence-electron chi connectivity index (χ2n) is 11.2. The number of amides is 2. The van der Waals surface area contributed by atoms with Crippen molar-refractivity contribution in [3.8, 4) is 5.88 Å². The Morgan fingerprint density at radius 1 is 1.13 bits per heavy atom. The van der Waals surface area contributed by atoms with Gasteiger partial charge in [0.25, 0.3) is 11.8 Å². The van der Waals surface area contributed by atoms with E-state index in [4.69, 9.17) is 4.74 Å². The van der Waals surface area contributed by atoms with Crippen LogP contribution in [0.1, 0.15) is 62.4 Å². The van der Waals surface area contributed by atoms with Crippen molar-refractivity contribution < 1.29 is 14.3 Å². The van der Waals surface area contributed by atoms with Crippen LogP contribution in [0.25, 0.3) is 0 Å². The van der Waals surface area contributed by atoms with E-state index in [1.807, 2.05) is 30.3 Å². The maximum atomic E-state index is 13.7. The standard InChI is InChI=1S/C32H42N4O3/c1-23(2)15-18-35-19-16-29(17-20-35)36(32(38)27-9-5-24(3)6-10-27)22-25-7-11-26(12-8-25)31(37)34-28-13-14-30(39-4)33-21-28/h5,7-14,21,23-24,29H,6,15-20,22H2,1-4H3,(H,34,37). The van der Waals surface area contributed by atoms with E-state index >= 15 is 0 Å². The Balaban J connectivity index is 1.43. The number of carbonyl (C=O) groups is 2. The zero-order chi connectivity index (χ0) is 27.8. The van der Waals surface area contributed by atoms with E-state index in [-0.39, 0.29) is 17.9 Å². The number of aromatic nitrogens is 1. The maximum Gasteiger partial charge on any atom is 0.255 e. The largest absolute Gasteiger partial charge is 0.481 e. The molecular formula is C32H42N4O3. The van der Waals surface area contributed by atoms with E-state index < -0.39 is 0 Å². The van der Waals surface area contributed by atoms with Crippen molar-refractivity contribution in [1.82, 2.24) is 14.8 Å². The molecule has 1 fully saturated rings. The van der Waals surface area contributed by atoms with Gasteiger partial charge in [0, 0.05) is 42.9 Å². The number of hydrogen-bond donors (Lipinski definition) is 1. The highest BCUT2D eigenvalue weighted by atomic mass is 16.5. The van der Waals surface area contributed by atoms with Gasteiger partial charge >= 0.3 is 0 Å². The molecular weight excluding hydrogens is 488 g/mol. The van der Waals surface area contributed by atoms with Gasteiger partial charge in [0.1, 0.15) is 0 Å². The van der Waals surface area contributed by atoms with Crippen molar-refractivity contribution in [2.24, 2.45) is 11.8 Å². The number of anilines is 1. The molecule has 1 aliphatic heterocycles. The summed E-state index contributed by atoms with van der Waals surface area (Å²) in [5, 5.41) is 2.87. The van der Waals surface area contributed by atoms with Gasteiger partial charge in [0.05, 0.1) is 19.0 Å². The maximum absolute atomic E-state index is 13.7. The summed E-state index contributed by atoms with van der Waals surface area (Å²) in [5.41, 5.74) is 2.96. The van der Waals surface area contributed by atoms with Gasteiger partial charge in [-0.25, -0.2) is 4.98 Å². The molecule has 1 atom stereocenters. The van der Waals surface area contributed by atoms with Gasteiger partial charge in [-0.15, -0.1) is 0 Å². The number of nitrogens with zero attached hydrogens (tertiary/aromatic N) is 3. The Bertz CT molecular complexity index is 1160. The SMILES string of the molecule is COc1ccc(NC(=O)c2ccc(CN(C(=O)C3=CCC(C)C=C3)C3CCN(CCC(C)C)CC3)cc2)cn1. The van der Waals surface area contributed by atoms with Gasteiger partial charge in [-0.1, -0.05) is 51.1 Å². The Morgan fingerprint density at radius 3 is 2.46 bits per heavy atom. The Labute approximate surface area is 232 Å². The van der Waals surface area contributed by atoms with Crippen molar-refractivity contribution in [3.63, 3.8) is 0 Å². The van der Waals surface area contributed by atoms with Crippen LogP contribution in [0.15, 0.2) is 66.4 Å². The molecule has 0 spiro atoms. The van der Waals surface area contributed by atoms with E-state index in [9.17, 15) is 9.59 Å². The zero-order valence-electron chi connectivity index (χ0n) is 23.7. The molecule has 0 radical (unpaired) electrons. The fraction of sp³-hybridized carbons (Fsp3) is 0.469. The third kappa shape index (κ3) is 8.02. The number of rotatable bonds is 10. The van der Waals surface area contributed by atoms with Crippen LogP contribution >= 0.6 is 0 Å². The summed E-state index contributed by atoms with van der Waals surface area (Å²) in [7, 11) is 1.55. The average molecular weight is 531 g/mol. The number of carbonyl (C=O) groups excluding carboxylic acids is 2. The van der Waals surface area contributed by atoms with Crippen molar-refractivity contribution in [2.75, 3.05) is 32.1 Å². The van der Waals surface area contributed by atoms with Crippen LogP contribution in [0.4, 0.5) is 5.69 Å². The van der Waals surface area contributed by atoms with Crippen LogP contribution in [0.2, 0.25) is 0 Å². The van der Waals surface area contributed by atoms with E-state index in [1.165, 1.54) is 6.42 Å². The molecule has 7 nitrogen and oxygen atoms in total. The summed E-state index contributed by atoms with van der Waals surface area (Å²) in [6.45, 7) is 10.4. The minimum Gasteiger partial charge on any atom is -0.481 e. The molecule has 1 aromatic heterocycles. The number of hydrogen-bond acceptors (Lipinski definition) is 5. The minimum atomic E-state index is -0.207. The Hall–Kier alpha value is -3.45. The van der Waals surface area contributed by atoms with Crippen molar-refractivity contribution in [2.45, 2.75) is 59.0 Å². The summed E-state index contributed by atoms with van der Waals surface area (Å²) in [6.07, 6.45) is 11.8. The van der Waals surface area contributed by atoms with Crippen LogP contribution in [0.5, 0.6) is 5.88 Å². The molecule has 4 rings (SSSR count). The van der Waals surface area contributed by atoms with Gasteiger partial charge in [0.15, 0.2) is 0 Å². The average Bonchev–Trinajstić information content (AvgIpc) is 2.96. The lowest BCUT2D eigenvalue weighted by Gasteiger charge is -2.39. The van der Waals surface area contributed by atoms with Crippen molar-refractivity contribution in [3.05, 3.63) is 77.5 Å². The first kappa shape index (κ1) is 28.6. The molecule has 1 aliphatic carbocycles. The number of likely N-dealkylation sites (tertiary alicyclic amines) is 1. The molecule has 39 heavy (non-hydrogen) atoms. The van der Waals surface area contributed by atoms with Gasteiger partial charge in [-0.3, -0.25) is 9.59 Å². The molecule has 2 heterocycles. The summed E-state index contributed by atoms with van der Waals surface area (Å²) < 4.78 is 5.07. The van der Waals surface area contributed by atoms with Gasteiger partial charge in [0.2, 0.25) is 5.88 Å². The van der Waals surface area contributed by atoms with E-state index in [2.05, 4.69) is 53.0 Å². The van der Waals surface area contributed by atoms with E-state index in [1.54, 1.807) is 25.4 Å². The molecule has 1 unspecified atom stereocenters. The molecule has 208 valence electrons. The topological polar surface area (TPSA) is 74.8 Å². The van der Waals surface area contributed by atoms with Crippen LogP contribution in [0, 0.1) is 11.8 Å². The van der Waals surface area contributed by atoms with E-state index in [0.29, 0.717) is 35.5 Å². The second-order valence-corrected chi connectivity index (χ2v) is 11.2. The lowest BCUT2D eigenvalue weighted by Crippen LogP contribution is -2.47. The van der Waals surface area contributed by atoms with Gasteiger partial charge < -0.3 is 19.9 Å². The number of benzene rings is 1. The molecule has 7 heteroatoms. The second kappa shape index (κ2) is 13.6. The third-order valence-corrected chi connectivity index (χ3v) is 7.61. The number of pyridine rings is 1. The Morgan fingerprint density at radius 2 is 1.87 bits per heavy atom. The molecule has 0 bridgehead atoms. The van der Waals surface area contributed by atoms with Gasteiger partial charge in [-0.2, -0.15) is 0 Å². The Kier molecular flexibility index (Phi) is 9.93. The molecule has 2 aromatic rings. The predicted molar refractivity (Wildman–Crippen MR) is 156 cm³/mol. The smallest absolute Gasteiger partial charge is 0.255 e. The van der Waals surface area contributed by atoms with Crippen LogP contribution < -0.4 is 10.1 Å². The number of ether oxygens (including phenoxy) is 1. The molecule has 1 N–H and O–H groups in total. The molecule has 1 aromatic carbocycles. The molecule has 0 saturated carbocycles.